The van der Waals surface area contributed by atoms with Crippen LogP contribution in [0.2, 0.25) is 0 Å². The molecule has 0 aromatic carbocycles. The van der Waals surface area contributed by atoms with E-state index in [4.69, 9.17) is 10.5 Å². The maximum absolute atomic E-state index is 5.73. The number of likely N-dealkylation sites (tertiary alicyclic amines) is 2. The number of piperidine rings is 2. The van der Waals surface area contributed by atoms with E-state index in [1.54, 1.807) is 0 Å². The molecule has 2 aliphatic heterocycles. The molecule has 1 unspecified atom stereocenters. The summed E-state index contributed by atoms with van der Waals surface area (Å²) in [4.78, 5) is 5.17. The van der Waals surface area contributed by atoms with Crippen molar-refractivity contribution in [2.24, 2.45) is 5.73 Å². The van der Waals surface area contributed by atoms with Gasteiger partial charge in [-0.3, -0.25) is 0 Å². The molecular weight excluding hydrogens is 238 g/mol. The highest BCUT2D eigenvalue weighted by molar-refractivity contribution is 4.78. The first-order chi connectivity index (χ1) is 9.29. The summed E-state index contributed by atoms with van der Waals surface area (Å²) in [6.07, 6.45) is 8.36. The molecule has 2 rings (SSSR count). The van der Waals surface area contributed by atoms with E-state index in [1.807, 2.05) is 0 Å². The lowest BCUT2D eigenvalue weighted by Gasteiger charge is -2.36. The van der Waals surface area contributed by atoms with Gasteiger partial charge >= 0.3 is 0 Å². The highest BCUT2D eigenvalue weighted by Gasteiger charge is 2.22. The van der Waals surface area contributed by atoms with Crippen LogP contribution in [0.5, 0.6) is 0 Å². The molecule has 112 valence electrons. The first-order valence-electron chi connectivity index (χ1n) is 8.04. The van der Waals surface area contributed by atoms with Gasteiger partial charge in [-0.1, -0.05) is 6.42 Å². The minimum absolute atomic E-state index is 0.456. The molecule has 0 saturated carbocycles. The number of nitrogens with two attached hydrogens (primary N) is 1. The van der Waals surface area contributed by atoms with E-state index in [0.29, 0.717) is 12.6 Å². The third-order valence-corrected chi connectivity index (χ3v) is 4.71. The molecule has 2 saturated heterocycles. The van der Waals surface area contributed by atoms with Crippen LogP contribution in [0.4, 0.5) is 0 Å². The number of ether oxygens (including phenoxy) is 1. The number of hydrogen-bond acceptors (Lipinski definition) is 4. The van der Waals surface area contributed by atoms with Crippen molar-refractivity contribution in [3.05, 3.63) is 0 Å². The largest absolute Gasteiger partial charge is 0.377 e. The van der Waals surface area contributed by atoms with Crippen LogP contribution in [0.1, 0.15) is 38.5 Å². The zero-order valence-corrected chi connectivity index (χ0v) is 12.5. The molecule has 0 aromatic rings. The Balaban J connectivity index is 1.60. The fourth-order valence-electron chi connectivity index (χ4n) is 3.37. The van der Waals surface area contributed by atoms with Crippen LogP contribution in [0.25, 0.3) is 0 Å². The quantitative estimate of drug-likeness (QED) is 0.789. The lowest BCUT2D eigenvalue weighted by molar-refractivity contribution is 0.00943. The molecule has 4 heteroatoms. The normalized spacial score (nSPS) is 27.8. The van der Waals surface area contributed by atoms with E-state index in [9.17, 15) is 0 Å². The minimum atomic E-state index is 0.456. The summed E-state index contributed by atoms with van der Waals surface area (Å²) in [7, 11) is 2.29. The number of hydrogen-bond donors (Lipinski definition) is 1. The Kier molecular flexibility index (Phi) is 6.57. The lowest BCUT2D eigenvalue weighted by atomic mass is 9.99. The van der Waals surface area contributed by atoms with E-state index in [0.717, 1.165) is 12.6 Å². The van der Waals surface area contributed by atoms with Crippen molar-refractivity contribution in [2.75, 3.05) is 46.4 Å². The number of nitrogens with zero attached hydrogens (tertiary/aromatic N) is 2. The van der Waals surface area contributed by atoms with Crippen molar-refractivity contribution in [3.8, 4) is 0 Å². The SMILES string of the molecule is CN1CCCCC1CCN1CCC(OCCN)CC1. The third kappa shape index (κ3) is 5.03. The Bertz CT molecular complexity index is 242. The minimum Gasteiger partial charge on any atom is -0.377 e. The van der Waals surface area contributed by atoms with Crippen LogP contribution >= 0.6 is 0 Å². The van der Waals surface area contributed by atoms with Gasteiger partial charge in [-0.05, 0) is 52.2 Å². The van der Waals surface area contributed by atoms with Gasteiger partial charge in [-0.15, -0.1) is 0 Å². The highest BCUT2D eigenvalue weighted by Crippen LogP contribution is 2.19. The van der Waals surface area contributed by atoms with Crippen molar-refractivity contribution < 1.29 is 4.74 Å². The van der Waals surface area contributed by atoms with Gasteiger partial charge in [0.05, 0.1) is 12.7 Å². The fraction of sp³-hybridized carbons (Fsp3) is 1.00. The van der Waals surface area contributed by atoms with Crippen molar-refractivity contribution in [2.45, 2.75) is 50.7 Å². The second-order valence-corrected chi connectivity index (χ2v) is 6.12. The first kappa shape index (κ1) is 15.2. The molecule has 19 heavy (non-hydrogen) atoms. The maximum Gasteiger partial charge on any atom is 0.0600 e. The zero-order valence-electron chi connectivity index (χ0n) is 12.5. The second kappa shape index (κ2) is 8.20. The van der Waals surface area contributed by atoms with Gasteiger partial charge in [-0.25, -0.2) is 0 Å². The van der Waals surface area contributed by atoms with Gasteiger partial charge in [0.25, 0.3) is 0 Å². The maximum atomic E-state index is 5.73. The molecular formula is C15H31N3O. The molecule has 0 spiro atoms. The Morgan fingerprint density at radius 2 is 1.89 bits per heavy atom. The molecule has 0 amide bonds. The summed E-state index contributed by atoms with van der Waals surface area (Å²) >= 11 is 0. The average molecular weight is 269 g/mol. The van der Waals surface area contributed by atoms with Gasteiger partial charge < -0.3 is 20.3 Å². The molecule has 2 N–H and O–H groups in total. The Hall–Kier alpha value is -0.160. The highest BCUT2D eigenvalue weighted by atomic mass is 16.5. The van der Waals surface area contributed by atoms with Gasteiger partial charge in [-0.2, -0.15) is 0 Å². The van der Waals surface area contributed by atoms with Gasteiger partial charge in [0.1, 0.15) is 0 Å². The molecule has 0 radical (unpaired) electrons. The molecule has 0 aromatic heterocycles. The molecule has 1 atom stereocenters. The molecule has 2 fully saturated rings. The van der Waals surface area contributed by atoms with Crippen LogP contribution in [0, 0.1) is 0 Å². The molecule has 0 aliphatic carbocycles. The van der Waals surface area contributed by atoms with E-state index < -0.39 is 0 Å². The third-order valence-electron chi connectivity index (χ3n) is 4.71. The second-order valence-electron chi connectivity index (χ2n) is 6.12. The first-order valence-corrected chi connectivity index (χ1v) is 8.04. The van der Waals surface area contributed by atoms with E-state index in [-0.39, 0.29) is 0 Å². The topological polar surface area (TPSA) is 41.7 Å². The van der Waals surface area contributed by atoms with E-state index >= 15 is 0 Å². The summed E-state index contributed by atoms with van der Waals surface area (Å²) in [6.45, 7) is 6.32. The van der Waals surface area contributed by atoms with Gasteiger partial charge in [0, 0.05) is 25.7 Å². The molecule has 2 aliphatic rings. The molecule has 2 heterocycles. The van der Waals surface area contributed by atoms with Crippen molar-refractivity contribution >= 4 is 0 Å². The summed E-state index contributed by atoms with van der Waals surface area (Å²) in [5.41, 5.74) is 5.48. The summed E-state index contributed by atoms with van der Waals surface area (Å²) in [5, 5.41) is 0. The predicted octanol–water partition coefficient (Wildman–Crippen LogP) is 1.30. The van der Waals surface area contributed by atoms with Crippen LogP contribution in [-0.4, -0.2) is 68.3 Å². The van der Waals surface area contributed by atoms with E-state index in [2.05, 4.69) is 16.8 Å². The van der Waals surface area contributed by atoms with Crippen molar-refractivity contribution in [1.82, 2.24) is 9.80 Å². The Morgan fingerprint density at radius 1 is 1.11 bits per heavy atom. The van der Waals surface area contributed by atoms with Gasteiger partial charge in [0.2, 0.25) is 0 Å². The average Bonchev–Trinajstić information content (AvgIpc) is 2.45. The van der Waals surface area contributed by atoms with Gasteiger partial charge in [0.15, 0.2) is 0 Å². The van der Waals surface area contributed by atoms with E-state index in [1.165, 1.54) is 64.7 Å². The monoisotopic (exact) mass is 269 g/mol. The smallest absolute Gasteiger partial charge is 0.0600 e. The summed E-state index contributed by atoms with van der Waals surface area (Å²) in [6, 6.07) is 0.819. The van der Waals surface area contributed by atoms with Crippen LogP contribution < -0.4 is 5.73 Å². The fourth-order valence-corrected chi connectivity index (χ4v) is 3.37. The summed E-state index contributed by atoms with van der Waals surface area (Å²) < 4.78 is 5.73. The zero-order chi connectivity index (χ0) is 13.5. The van der Waals surface area contributed by atoms with Crippen molar-refractivity contribution in [3.63, 3.8) is 0 Å². The lowest BCUT2D eigenvalue weighted by Crippen LogP contribution is -2.42. The standard InChI is InChI=1S/C15H31N3O/c1-17-9-3-2-4-14(17)5-10-18-11-6-15(7-12-18)19-13-8-16/h14-15H,2-13,16H2,1H3. The van der Waals surface area contributed by atoms with Crippen LogP contribution in [0.15, 0.2) is 0 Å². The predicted molar refractivity (Wildman–Crippen MR) is 79.4 cm³/mol. The molecule has 4 nitrogen and oxygen atoms in total. The van der Waals surface area contributed by atoms with Crippen molar-refractivity contribution in [1.29, 1.82) is 0 Å². The Labute approximate surface area is 118 Å². The molecule has 0 bridgehead atoms. The number of rotatable bonds is 6. The summed E-state index contributed by atoms with van der Waals surface area (Å²) in [5.74, 6) is 0. The Morgan fingerprint density at radius 3 is 2.58 bits per heavy atom. The van der Waals surface area contributed by atoms with Crippen LogP contribution in [-0.2, 0) is 4.74 Å². The van der Waals surface area contributed by atoms with Crippen LogP contribution in [0.3, 0.4) is 0 Å².